The van der Waals surface area contributed by atoms with Crippen molar-refractivity contribution in [2.75, 3.05) is 0 Å². The SMILES string of the molecule is CCC(NCc1ccc(C2CC2)cc1)c1ccccc1. The molecule has 1 N–H and O–H groups in total. The van der Waals surface area contributed by atoms with Gasteiger partial charge in [-0.05, 0) is 41.9 Å². The zero-order valence-electron chi connectivity index (χ0n) is 12.2. The van der Waals surface area contributed by atoms with E-state index in [1.807, 2.05) is 0 Å². The first kappa shape index (κ1) is 13.4. The Bertz CT molecular complexity index is 525. The third-order valence-electron chi connectivity index (χ3n) is 4.19. The van der Waals surface area contributed by atoms with Crippen molar-refractivity contribution in [2.24, 2.45) is 0 Å². The fraction of sp³-hybridized carbons (Fsp3) is 0.368. The Balaban J connectivity index is 1.59. The zero-order chi connectivity index (χ0) is 13.8. The van der Waals surface area contributed by atoms with Gasteiger partial charge in [0.1, 0.15) is 0 Å². The number of rotatable bonds is 6. The van der Waals surface area contributed by atoms with Gasteiger partial charge in [0.15, 0.2) is 0 Å². The van der Waals surface area contributed by atoms with Gasteiger partial charge < -0.3 is 5.32 Å². The van der Waals surface area contributed by atoms with Crippen LogP contribution in [0.5, 0.6) is 0 Å². The molecule has 1 nitrogen and oxygen atoms in total. The molecule has 0 aromatic heterocycles. The van der Waals surface area contributed by atoms with Gasteiger partial charge >= 0.3 is 0 Å². The Morgan fingerprint density at radius 1 is 1.00 bits per heavy atom. The Morgan fingerprint density at radius 3 is 2.30 bits per heavy atom. The van der Waals surface area contributed by atoms with Crippen molar-refractivity contribution in [1.82, 2.24) is 5.32 Å². The summed E-state index contributed by atoms with van der Waals surface area (Å²) < 4.78 is 0. The van der Waals surface area contributed by atoms with Gasteiger partial charge in [0.05, 0.1) is 0 Å². The highest BCUT2D eigenvalue weighted by atomic mass is 14.9. The Kier molecular flexibility index (Phi) is 4.17. The average Bonchev–Trinajstić information content (AvgIpc) is 3.34. The van der Waals surface area contributed by atoms with E-state index in [1.165, 1.54) is 29.5 Å². The molecule has 1 heteroatoms. The lowest BCUT2D eigenvalue weighted by Crippen LogP contribution is -2.20. The van der Waals surface area contributed by atoms with Crippen molar-refractivity contribution in [2.45, 2.75) is 44.7 Å². The van der Waals surface area contributed by atoms with Crippen molar-refractivity contribution in [3.05, 3.63) is 71.3 Å². The monoisotopic (exact) mass is 265 g/mol. The van der Waals surface area contributed by atoms with E-state index in [0.29, 0.717) is 6.04 Å². The lowest BCUT2D eigenvalue weighted by atomic mass is 10.0. The largest absolute Gasteiger partial charge is 0.306 e. The first-order valence-electron chi connectivity index (χ1n) is 7.74. The molecule has 0 spiro atoms. The second-order valence-corrected chi connectivity index (χ2v) is 5.77. The van der Waals surface area contributed by atoms with E-state index in [4.69, 9.17) is 0 Å². The minimum absolute atomic E-state index is 0.444. The molecule has 20 heavy (non-hydrogen) atoms. The molecule has 0 heterocycles. The molecule has 0 bridgehead atoms. The van der Waals surface area contributed by atoms with Crippen molar-refractivity contribution in [3.8, 4) is 0 Å². The fourth-order valence-corrected chi connectivity index (χ4v) is 2.75. The molecule has 1 aliphatic rings. The maximum Gasteiger partial charge on any atom is 0.0320 e. The smallest absolute Gasteiger partial charge is 0.0320 e. The van der Waals surface area contributed by atoms with Crippen LogP contribution >= 0.6 is 0 Å². The summed E-state index contributed by atoms with van der Waals surface area (Å²) in [6, 6.07) is 20.3. The minimum Gasteiger partial charge on any atom is -0.306 e. The lowest BCUT2D eigenvalue weighted by Gasteiger charge is -2.17. The van der Waals surface area contributed by atoms with E-state index in [0.717, 1.165) is 18.9 Å². The molecule has 2 aromatic carbocycles. The van der Waals surface area contributed by atoms with Gasteiger partial charge in [0.2, 0.25) is 0 Å². The molecule has 104 valence electrons. The second kappa shape index (κ2) is 6.23. The van der Waals surface area contributed by atoms with E-state index < -0.39 is 0 Å². The van der Waals surface area contributed by atoms with Gasteiger partial charge in [0, 0.05) is 12.6 Å². The van der Waals surface area contributed by atoms with Gasteiger partial charge in [-0.25, -0.2) is 0 Å². The van der Waals surface area contributed by atoms with Crippen LogP contribution in [-0.4, -0.2) is 0 Å². The van der Waals surface area contributed by atoms with E-state index in [2.05, 4.69) is 66.8 Å². The van der Waals surface area contributed by atoms with Crippen LogP contribution < -0.4 is 5.32 Å². The molecule has 3 rings (SSSR count). The Labute approximate surface area is 122 Å². The molecular weight excluding hydrogens is 242 g/mol. The number of hydrogen-bond donors (Lipinski definition) is 1. The molecule has 1 atom stereocenters. The maximum atomic E-state index is 3.67. The van der Waals surface area contributed by atoms with Gasteiger partial charge in [0.25, 0.3) is 0 Å². The summed E-state index contributed by atoms with van der Waals surface area (Å²) in [5, 5.41) is 3.67. The Hall–Kier alpha value is -1.60. The summed E-state index contributed by atoms with van der Waals surface area (Å²) in [4.78, 5) is 0. The fourth-order valence-electron chi connectivity index (χ4n) is 2.75. The van der Waals surface area contributed by atoms with Crippen LogP contribution in [0.2, 0.25) is 0 Å². The summed E-state index contributed by atoms with van der Waals surface area (Å²) in [7, 11) is 0. The molecule has 0 aliphatic heterocycles. The quantitative estimate of drug-likeness (QED) is 0.790. The van der Waals surface area contributed by atoms with Crippen LogP contribution in [0.25, 0.3) is 0 Å². The molecule has 1 saturated carbocycles. The van der Waals surface area contributed by atoms with Gasteiger partial charge in [-0.2, -0.15) is 0 Å². The third kappa shape index (κ3) is 3.29. The van der Waals surface area contributed by atoms with E-state index in [9.17, 15) is 0 Å². The summed E-state index contributed by atoms with van der Waals surface area (Å²) in [5.41, 5.74) is 4.28. The third-order valence-corrected chi connectivity index (χ3v) is 4.19. The average molecular weight is 265 g/mol. The number of nitrogens with one attached hydrogen (secondary N) is 1. The van der Waals surface area contributed by atoms with Crippen LogP contribution in [0.3, 0.4) is 0 Å². The maximum absolute atomic E-state index is 3.67. The molecule has 0 saturated heterocycles. The molecule has 2 aromatic rings. The second-order valence-electron chi connectivity index (χ2n) is 5.77. The number of hydrogen-bond acceptors (Lipinski definition) is 1. The summed E-state index contributed by atoms with van der Waals surface area (Å²) in [6.07, 6.45) is 3.87. The first-order valence-corrected chi connectivity index (χ1v) is 7.74. The molecular formula is C19H23N. The van der Waals surface area contributed by atoms with Crippen molar-refractivity contribution in [1.29, 1.82) is 0 Å². The van der Waals surface area contributed by atoms with Gasteiger partial charge in [-0.3, -0.25) is 0 Å². The summed E-state index contributed by atoms with van der Waals surface area (Å²) in [5.74, 6) is 0.852. The Morgan fingerprint density at radius 2 is 1.70 bits per heavy atom. The predicted molar refractivity (Wildman–Crippen MR) is 84.7 cm³/mol. The highest BCUT2D eigenvalue weighted by Crippen LogP contribution is 2.39. The predicted octanol–water partition coefficient (Wildman–Crippen LogP) is 4.80. The van der Waals surface area contributed by atoms with Crippen molar-refractivity contribution in [3.63, 3.8) is 0 Å². The molecule has 1 unspecified atom stereocenters. The van der Waals surface area contributed by atoms with Crippen LogP contribution in [0.15, 0.2) is 54.6 Å². The minimum atomic E-state index is 0.444. The topological polar surface area (TPSA) is 12.0 Å². The van der Waals surface area contributed by atoms with Gasteiger partial charge in [-0.15, -0.1) is 0 Å². The van der Waals surface area contributed by atoms with Crippen molar-refractivity contribution >= 4 is 0 Å². The molecule has 0 radical (unpaired) electrons. The highest BCUT2D eigenvalue weighted by Gasteiger charge is 2.22. The van der Waals surface area contributed by atoms with Crippen molar-refractivity contribution < 1.29 is 0 Å². The molecule has 1 aliphatic carbocycles. The first-order chi connectivity index (χ1) is 9.86. The normalized spacial score (nSPS) is 16.1. The van der Waals surface area contributed by atoms with Crippen LogP contribution in [-0.2, 0) is 6.54 Å². The summed E-state index contributed by atoms with van der Waals surface area (Å²) in [6.45, 7) is 3.18. The van der Waals surface area contributed by atoms with Gasteiger partial charge in [-0.1, -0.05) is 61.5 Å². The van der Waals surface area contributed by atoms with E-state index in [1.54, 1.807) is 0 Å². The van der Waals surface area contributed by atoms with Crippen LogP contribution in [0.1, 0.15) is 54.8 Å². The standard InChI is InChI=1S/C19H23N/c1-2-19(18-6-4-3-5-7-18)20-14-15-8-10-16(11-9-15)17-12-13-17/h3-11,17,19-20H,2,12-14H2,1H3. The van der Waals surface area contributed by atoms with Crippen LogP contribution in [0.4, 0.5) is 0 Å². The van der Waals surface area contributed by atoms with E-state index >= 15 is 0 Å². The highest BCUT2D eigenvalue weighted by molar-refractivity contribution is 5.28. The zero-order valence-corrected chi connectivity index (χ0v) is 12.2. The number of benzene rings is 2. The van der Waals surface area contributed by atoms with E-state index in [-0.39, 0.29) is 0 Å². The molecule has 1 fully saturated rings. The molecule has 0 amide bonds. The lowest BCUT2D eigenvalue weighted by molar-refractivity contribution is 0.519. The summed E-state index contributed by atoms with van der Waals surface area (Å²) >= 11 is 0. The van der Waals surface area contributed by atoms with Crippen LogP contribution in [0, 0.1) is 0 Å².